The van der Waals surface area contributed by atoms with Crippen molar-refractivity contribution in [2.75, 3.05) is 13.7 Å². The fourth-order valence-electron chi connectivity index (χ4n) is 4.13. The van der Waals surface area contributed by atoms with Crippen molar-refractivity contribution in [2.24, 2.45) is 4.99 Å². The van der Waals surface area contributed by atoms with Crippen LogP contribution in [-0.2, 0) is 6.54 Å². The molecule has 0 saturated carbocycles. The summed E-state index contributed by atoms with van der Waals surface area (Å²) in [6, 6.07) is 24.6. The summed E-state index contributed by atoms with van der Waals surface area (Å²) < 4.78 is 13.7. The summed E-state index contributed by atoms with van der Waals surface area (Å²) >= 11 is 0. The fraction of sp³-hybridized carbons (Fsp3) is 0.222. The van der Waals surface area contributed by atoms with Gasteiger partial charge in [-0.1, -0.05) is 36.4 Å². The maximum absolute atomic E-state index is 6.04. The molecule has 0 spiro atoms. The van der Waals surface area contributed by atoms with Crippen molar-refractivity contribution in [1.82, 2.24) is 4.57 Å². The maximum atomic E-state index is 6.04. The number of hydrogen-bond donors (Lipinski definition) is 0. The van der Waals surface area contributed by atoms with E-state index in [1.807, 2.05) is 49.4 Å². The molecule has 4 rings (SSSR count). The topological polar surface area (TPSA) is 35.8 Å². The molecule has 4 aromatic rings. The van der Waals surface area contributed by atoms with Gasteiger partial charge in [0.15, 0.2) is 0 Å². The molecular formula is C27H28N2O2. The van der Waals surface area contributed by atoms with Gasteiger partial charge < -0.3 is 14.0 Å². The van der Waals surface area contributed by atoms with Crippen molar-refractivity contribution in [3.05, 3.63) is 95.1 Å². The highest BCUT2D eigenvalue weighted by Gasteiger charge is 2.17. The zero-order valence-corrected chi connectivity index (χ0v) is 18.6. The lowest BCUT2D eigenvalue weighted by Crippen LogP contribution is -2.03. The highest BCUT2D eigenvalue weighted by molar-refractivity contribution is 5.93. The van der Waals surface area contributed by atoms with E-state index in [2.05, 4.69) is 48.7 Å². The predicted molar refractivity (Wildman–Crippen MR) is 126 cm³/mol. The summed E-state index contributed by atoms with van der Waals surface area (Å²) in [5.74, 6) is 1.72. The van der Waals surface area contributed by atoms with Crippen molar-refractivity contribution in [1.29, 1.82) is 0 Å². The molecule has 0 saturated heterocycles. The average Bonchev–Trinajstić information content (AvgIpc) is 2.94. The smallest absolute Gasteiger partial charge is 0.129 e. The Bertz CT molecular complexity index is 1260. The summed E-state index contributed by atoms with van der Waals surface area (Å²) in [6.07, 6.45) is 0. The van der Waals surface area contributed by atoms with Gasteiger partial charge in [-0.05, 0) is 62.7 Å². The Balaban J connectivity index is 1.98. The SMILES string of the molecule is CCOc1cccc(=NCc2ccccc2)c2c(C)n(-c3ccc(OC)cc3)c(C)c12. The van der Waals surface area contributed by atoms with E-state index in [1.54, 1.807) is 7.11 Å². The highest BCUT2D eigenvalue weighted by atomic mass is 16.5. The van der Waals surface area contributed by atoms with E-state index in [1.165, 1.54) is 5.56 Å². The Kier molecular flexibility index (Phi) is 6.08. The molecule has 4 nitrogen and oxygen atoms in total. The standard InChI is InChI=1S/C27H28N2O2/c1-5-31-25-13-9-12-24(28-18-21-10-7-6-8-11-21)26-19(2)29(20(3)27(25)26)22-14-16-23(30-4)17-15-22/h6-17H,5,18H2,1-4H3. The van der Waals surface area contributed by atoms with Crippen molar-refractivity contribution in [2.45, 2.75) is 27.3 Å². The van der Waals surface area contributed by atoms with Crippen LogP contribution in [0.1, 0.15) is 23.9 Å². The summed E-state index contributed by atoms with van der Waals surface area (Å²) in [4.78, 5) is 4.99. The predicted octanol–water partition coefficient (Wildman–Crippen LogP) is 5.76. The second-order valence-electron chi connectivity index (χ2n) is 7.46. The number of fused-ring (bicyclic) bond motifs is 1. The first kappa shape index (κ1) is 20.7. The minimum Gasteiger partial charge on any atom is -0.497 e. The second kappa shape index (κ2) is 9.09. The van der Waals surface area contributed by atoms with Gasteiger partial charge in [0.1, 0.15) is 11.5 Å². The summed E-state index contributed by atoms with van der Waals surface area (Å²) in [6.45, 7) is 7.56. The van der Waals surface area contributed by atoms with Gasteiger partial charge >= 0.3 is 0 Å². The monoisotopic (exact) mass is 412 g/mol. The van der Waals surface area contributed by atoms with E-state index in [0.29, 0.717) is 13.2 Å². The molecule has 3 aromatic carbocycles. The van der Waals surface area contributed by atoms with Gasteiger partial charge in [-0.2, -0.15) is 0 Å². The fourth-order valence-corrected chi connectivity index (χ4v) is 4.13. The first-order valence-corrected chi connectivity index (χ1v) is 10.6. The van der Waals surface area contributed by atoms with Crippen LogP contribution in [0.3, 0.4) is 0 Å². The Hall–Kier alpha value is -3.53. The molecule has 0 amide bonds. The van der Waals surface area contributed by atoms with Crippen LogP contribution in [0.5, 0.6) is 11.5 Å². The Morgan fingerprint density at radius 1 is 0.806 bits per heavy atom. The molecule has 0 aliphatic heterocycles. The Morgan fingerprint density at radius 3 is 2.19 bits per heavy atom. The Labute approximate surface area is 183 Å². The van der Waals surface area contributed by atoms with Crippen molar-refractivity contribution < 1.29 is 9.47 Å². The third-order valence-corrected chi connectivity index (χ3v) is 5.55. The largest absolute Gasteiger partial charge is 0.497 e. The first-order valence-electron chi connectivity index (χ1n) is 10.6. The number of ether oxygens (including phenoxy) is 2. The molecule has 4 heteroatoms. The van der Waals surface area contributed by atoms with Gasteiger partial charge in [0.25, 0.3) is 0 Å². The van der Waals surface area contributed by atoms with Crippen LogP contribution < -0.4 is 14.8 Å². The van der Waals surface area contributed by atoms with Gasteiger partial charge in [-0.15, -0.1) is 0 Å². The second-order valence-corrected chi connectivity index (χ2v) is 7.46. The lowest BCUT2D eigenvalue weighted by molar-refractivity contribution is 0.344. The molecule has 0 aliphatic rings. The van der Waals surface area contributed by atoms with Gasteiger partial charge in [0, 0.05) is 27.8 Å². The molecule has 0 fully saturated rings. The van der Waals surface area contributed by atoms with Crippen LogP contribution in [0.4, 0.5) is 0 Å². The number of nitrogens with zero attached hydrogens (tertiary/aromatic N) is 2. The Morgan fingerprint density at radius 2 is 1.52 bits per heavy atom. The minimum absolute atomic E-state index is 0.613. The van der Waals surface area contributed by atoms with Crippen LogP contribution in [0.15, 0.2) is 77.8 Å². The molecule has 0 bridgehead atoms. The molecule has 0 aliphatic carbocycles. The molecule has 0 N–H and O–H groups in total. The highest BCUT2D eigenvalue weighted by Crippen LogP contribution is 2.33. The summed E-state index contributed by atoms with van der Waals surface area (Å²) in [5.41, 5.74) is 4.55. The van der Waals surface area contributed by atoms with Crippen molar-refractivity contribution >= 4 is 10.8 Å². The third-order valence-electron chi connectivity index (χ3n) is 5.55. The van der Waals surface area contributed by atoms with Crippen LogP contribution >= 0.6 is 0 Å². The number of hydrogen-bond acceptors (Lipinski definition) is 3. The normalized spacial score (nSPS) is 11.7. The lowest BCUT2D eigenvalue weighted by Gasteiger charge is -2.10. The first-order chi connectivity index (χ1) is 15.1. The molecule has 0 radical (unpaired) electrons. The molecular weight excluding hydrogens is 384 g/mol. The zero-order valence-electron chi connectivity index (χ0n) is 18.6. The van der Waals surface area contributed by atoms with Crippen molar-refractivity contribution in [3.63, 3.8) is 0 Å². The molecule has 0 atom stereocenters. The van der Waals surface area contributed by atoms with Crippen LogP contribution in [0.2, 0.25) is 0 Å². The average molecular weight is 413 g/mol. The van der Waals surface area contributed by atoms with Gasteiger partial charge in [0.05, 0.1) is 25.6 Å². The van der Waals surface area contributed by atoms with E-state index in [-0.39, 0.29) is 0 Å². The molecule has 1 aromatic heterocycles. The van der Waals surface area contributed by atoms with Gasteiger partial charge in [-0.25, -0.2) is 0 Å². The molecule has 0 unspecified atom stereocenters. The number of rotatable bonds is 6. The lowest BCUT2D eigenvalue weighted by atomic mass is 10.2. The molecule has 158 valence electrons. The summed E-state index contributed by atoms with van der Waals surface area (Å²) in [5, 5.41) is 3.20. The minimum atomic E-state index is 0.613. The van der Waals surface area contributed by atoms with E-state index in [0.717, 1.165) is 44.7 Å². The van der Waals surface area contributed by atoms with Crippen LogP contribution in [-0.4, -0.2) is 18.3 Å². The zero-order chi connectivity index (χ0) is 21.8. The van der Waals surface area contributed by atoms with Crippen LogP contribution in [0, 0.1) is 13.8 Å². The molecule has 1 heterocycles. The van der Waals surface area contributed by atoms with E-state index < -0.39 is 0 Å². The maximum Gasteiger partial charge on any atom is 0.129 e. The number of benzene rings is 2. The quantitative estimate of drug-likeness (QED) is 0.404. The van der Waals surface area contributed by atoms with E-state index in [9.17, 15) is 0 Å². The summed E-state index contributed by atoms with van der Waals surface area (Å²) in [7, 11) is 1.68. The van der Waals surface area contributed by atoms with Crippen molar-refractivity contribution in [3.8, 4) is 17.2 Å². The van der Waals surface area contributed by atoms with Crippen LogP contribution in [0.25, 0.3) is 16.5 Å². The molecule has 31 heavy (non-hydrogen) atoms. The number of methoxy groups -OCH3 is 1. The number of aromatic nitrogens is 1. The van der Waals surface area contributed by atoms with E-state index >= 15 is 0 Å². The third kappa shape index (κ3) is 4.06. The number of aryl methyl sites for hydroxylation is 2. The van der Waals surface area contributed by atoms with Gasteiger partial charge in [-0.3, -0.25) is 4.99 Å². The van der Waals surface area contributed by atoms with E-state index in [4.69, 9.17) is 14.5 Å². The van der Waals surface area contributed by atoms with Gasteiger partial charge in [0.2, 0.25) is 0 Å².